The molecular formula is C20H24N4O2S2. The average molecular weight is 417 g/mol. The van der Waals surface area contributed by atoms with Crippen LogP contribution in [0.3, 0.4) is 0 Å². The molecule has 8 heteroatoms. The zero-order chi connectivity index (χ0) is 20.1. The van der Waals surface area contributed by atoms with Crippen molar-refractivity contribution in [2.75, 3.05) is 18.4 Å². The number of amides is 1. The summed E-state index contributed by atoms with van der Waals surface area (Å²) >= 11 is 6.64. The molecule has 0 unspecified atom stereocenters. The SMILES string of the molecule is CCCCCCN1C(=O)/C(=C\c2c(NCC)nc3ccccn3c2=O)SC1=S. The van der Waals surface area contributed by atoms with Gasteiger partial charge in [-0.2, -0.15) is 0 Å². The topological polar surface area (TPSA) is 66.7 Å². The fraction of sp³-hybridized carbons (Fsp3) is 0.400. The van der Waals surface area contributed by atoms with Crippen LogP contribution in [0.5, 0.6) is 0 Å². The van der Waals surface area contributed by atoms with Gasteiger partial charge in [0.15, 0.2) is 0 Å². The van der Waals surface area contributed by atoms with Crippen LogP contribution in [-0.2, 0) is 4.79 Å². The van der Waals surface area contributed by atoms with Crippen LogP contribution in [0.25, 0.3) is 11.7 Å². The number of fused-ring (bicyclic) bond motifs is 1. The number of rotatable bonds is 8. The predicted molar refractivity (Wildman–Crippen MR) is 120 cm³/mol. The highest BCUT2D eigenvalue weighted by molar-refractivity contribution is 8.26. The van der Waals surface area contributed by atoms with Crippen LogP contribution in [0.4, 0.5) is 5.82 Å². The summed E-state index contributed by atoms with van der Waals surface area (Å²) in [5, 5.41) is 3.13. The molecule has 1 amide bonds. The molecule has 1 fully saturated rings. The average Bonchev–Trinajstić information content (AvgIpc) is 2.95. The molecule has 28 heavy (non-hydrogen) atoms. The summed E-state index contributed by atoms with van der Waals surface area (Å²) in [6, 6.07) is 5.39. The molecule has 0 aromatic carbocycles. The zero-order valence-electron chi connectivity index (χ0n) is 16.1. The van der Waals surface area contributed by atoms with Crippen molar-refractivity contribution in [1.29, 1.82) is 0 Å². The number of thioether (sulfide) groups is 1. The van der Waals surface area contributed by atoms with E-state index in [1.807, 2.05) is 13.0 Å². The van der Waals surface area contributed by atoms with Crippen molar-refractivity contribution in [2.45, 2.75) is 39.5 Å². The van der Waals surface area contributed by atoms with Gasteiger partial charge in [-0.3, -0.25) is 18.9 Å². The number of hydrogen-bond acceptors (Lipinski definition) is 6. The lowest BCUT2D eigenvalue weighted by Gasteiger charge is -2.13. The van der Waals surface area contributed by atoms with Gasteiger partial charge >= 0.3 is 0 Å². The zero-order valence-corrected chi connectivity index (χ0v) is 17.7. The van der Waals surface area contributed by atoms with E-state index in [1.54, 1.807) is 29.3 Å². The van der Waals surface area contributed by atoms with Gasteiger partial charge < -0.3 is 5.32 Å². The molecule has 1 saturated heterocycles. The van der Waals surface area contributed by atoms with Gasteiger partial charge in [-0.05, 0) is 31.6 Å². The summed E-state index contributed by atoms with van der Waals surface area (Å²) < 4.78 is 2.03. The molecule has 0 bridgehead atoms. The molecule has 0 saturated carbocycles. The Kier molecular flexibility index (Phi) is 6.85. The largest absolute Gasteiger partial charge is 0.370 e. The Bertz CT molecular complexity index is 984. The summed E-state index contributed by atoms with van der Waals surface area (Å²) in [6.45, 7) is 5.33. The maximum atomic E-state index is 13.0. The summed E-state index contributed by atoms with van der Waals surface area (Å²) in [7, 11) is 0. The number of aromatic nitrogens is 2. The van der Waals surface area contributed by atoms with E-state index in [4.69, 9.17) is 12.2 Å². The van der Waals surface area contributed by atoms with Crippen molar-refractivity contribution in [3.8, 4) is 0 Å². The quantitative estimate of drug-likeness (QED) is 0.400. The fourth-order valence-electron chi connectivity index (χ4n) is 3.06. The van der Waals surface area contributed by atoms with Crippen LogP contribution in [0.2, 0.25) is 0 Å². The van der Waals surface area contributed by atoms with Crippen molar-refractivity contribution in [1.82, 2.24) is 14.3 Å². The Morgan fingerprint density at radius 3 is 2.79 bits per heavy atom. The van der Waals surface area contributed by atoms with E-state index in [1.165, 1.54) is 16.2 Å². The lowest BCUT2D eigenvalue weighted by atomic mass is 10.2. The molecule has 0 radical (unpaired) electrons. The van der Waals surface area contributed by atoms with Gasteiger partial charge in [0.25, 0.3) is 11.5 Å². The highest BCUT2D eigenvalue weighted by atomic mass is 32.2. The first-order chi connectivity index (χ1) is 13.6. The maximum absolute atomic E-state index is 13.0. The molecule has 1 aliphatic heterocycles. The normalized spacial score (nSPS) is 15.8. The first-order valence-electron chi connectivity index (χ1n) is 9.57. The summed E-state index contributed by atoms with van der Waals surface area (Å²) in [5.41, 5.74) is 0.718. The molecule has 0 aliphatic carbocycles. The van der Waals surface area contributed by atoms with Gasteiger partial charge in [0.2, 0.25) is 0 Å². The van der Waals surface area contributed by atoms with Crippen LogP contribution >= 0.6 is 24.0 Å². The van der Waals surface area contributed by atoms with E-state index in [0.717, 1.165) is 25.7 Å². The Hall–Kier alpha value is -2.19. The lowest BCUT2D eigenvalue weighted by Crippen LogP contribution is -2.29. The number of thiocarbonyl (C=S) groups is 1. The monoisotopic (exact) mass is 416 g/mol. The van der Waals surface area contributed by atoms with Gasteiger partial charge in [0, 0.05) is 19.3 Å². The van der Waals surface area contributed by atoms with E-state index < -0.39 is 0 Å². The molecule has 0 spiro atoms. The van der Waals surface area contributed by atoms with Crippen LogP contribution < -0.4 is 10.9 Å². The molecule has 3 heterocycles. The van der Waals surface area contributed by atoms with E-state index in [2.05, 4.69) is 17.2 Å². The Morgan fingerprint density at radius 1 is 1.21 bits per heavy atom. The van der Waals surface area contributed by atoms with Gasteiger partial charge in [-0.25, -0.2) is 4.98 Å². The maximum Gasteiger partial charge on any atom is 0.267 e. The van der Waals surface area contributed by atoms with Crippen LogP contribution in [-0.4, -0.2) is 37.6 Å². The smallest absolute Gasteiger partial charge is 0.267 e. The molecule has 148 valence electrons. The van der Waals surface area contributed by atoms with Crippen molar-refractivity contribution >= 4 is 51.7 Å². The number of nitrogens with one attached hydrogen (secondary N) is 1. The number of nitrogens with zero attached hydrogens (tertiary/aromatic N) is 3. The second kappa shape index (κ2) is 9.34. The van der Waals surface area contributed by atoms with E-state index >= 15 is 0 Å². The van der Waals surface area contributed by atoms with Crippen molar-refractivity contribution in [2.24, 2.45) is 0 Å². The third-order valence-electron chi connectivity index (χ3n) is 4.50. The Balaban J connectivity index is 1.94. The first-order valence-corrected chi connectivity index (χ1v) is 10.8. The summed E-state index contributed by atoms with van der Waals surface area (Å²) in [5.74, 6) is 0.346. The second-order valence-corrected chi connectivity index (χ2v) is 8.21. The number of anilines is 1. The summed E-state index contributed by atoms with van der Waals surface area (Å²) in [6.07, 6.45) is 7.60. The molecule has 0 atom stereocenters. The van der Waals surface area contributed by atoms with Gasteiger partial charge in [0.1, 0.15) is 15.8 Å². The molecular weight excluding hydrogens is 392 g/mol. The minimum atomic E-state index is -0.213. The standard InChI is InChI=1S/C20H24N4O2S2/c1-3-5-6-8-12-24-19(26)15(28-20(24)27)13-14-17(21-4-2)22-16-10-7-9-11-23(16)18(14)25/h7,9-11,13,21H,3-6,8,12H2,1-2H3/b15-13+. The van der Waals surface area contributed by atoms with Crippen LogP contribution in [0.15, 0.2) is 34.1 Å². The Morgan fingerprint density at radius 2 is 2.04 bits per heavy atom. The predicted octanol–water partition coefficient (Wildman–Crippen LogP) is 3.91. The second-order valence-electron chi connectivity index (χ2n) is 6.53. The van der Waals surface area contributed by atoms with E-state index in [9.17, 15) is 9.59 Å². The number of unbranched alkanes of at least 4 members (excludes halogenated alkanes) is 3. The van der Waals surface area contributed by atoms with E-state index in [0.29, 0.717) is 39.3 Å². The lowest BCUT2D eigenvalue weighted by molar-refractivity contribution is -0.122. The van der Waals surface area contributed by atoms with Crippen molar-refractivity contribution in [3.63, 3.8) is 0 Å². The molecule has 6 nitrogen and oxygen atoms in total. The van der Waals surface area contributed by atoms with Crippen molar-refractivity contribution in [3.05, 3.63) is 45.2 Å². The number of pyridine rings is 1. The van der Waals surface area contributed by atoms with Gasteiger partial charge in [0.05, 0.1) is 10.5 Å². The Labute approximate surface area is 174 Å². The van der Waals surface area contributed by atoms with E-state index in [-0.39, 0.29) is 11.5 Å². The number of carbonyl (C=O) groups excluding carboxylic acids is 1. The molecule has 3 rings (SSSR count). The van der Waals surface area contributed by atoms with Gasteiger partial charge in [-0.15, -0.1) is 0 Å². The van der Waals surface area contributed by atoms with Crippen LogP contribution in [0.1, 0.15) is 45.1 Å². The van der Waals surface area contributed by atoms with Crippen molar-refractivity contribution < 1.29 is 4.79 Å². The number of hydrogen-bond donors (Lipinski definition) is 1. The molecule has 2 aromatic rings. The number of carbonyl (C=O) groups is 1. The minimum absolute atomic E-state index is 0.133. The highest BCUT2D eigenvalue weighted by Crippen LogP contribution is 2.33. The summed E-state index contributed by atoms with van der Waals surface area (Å²) in [4.78, 5) is 32.5. The third kappa shape index (κ3) is 4.28. The first kappa shape index (κ1) is 20.5. The molecule has 1 N–H and O–H groups in total. The molecule has 2 aromatic heterocycles. The third-order valence-corrected chi connectivity index (χ3v) is 5.88. The molecule has 1 aliphatic rings. The minimum Gasteiger partial charge on any atom is -0.370 e. The van der Waals surface area contributed by atoms with Gasteiger partial charge in [-0.1, -0.05) is 56.2 Å². The van der Waals surface area contributed by atoms with Crippen LogP contribution in [0, 0.1) is 0 Å². The fourth-order valence-corrected chi connectivity index (χ4v) is 4.35. The highest BCUT2D eigenvalue weighted by Gasteiger charge is 2.32.